The number of nitriles is 1. The third-order valence-electron chi connectivity index (χ3n) is 5.89. The van der Waals surface area contributed by atoms with Crippen molar-refractivity contribution in [2.24, 2.45) is 17.8 Å². The zero-order valence-electron chi connectivity index (χ0n) is 15.5. The molecule has 2 aliphatic carbocycles. The van der Waals surface area contributed by atoms with Gasteiger partial charge in [0.15, 0.2) is 0 Å². The van der Waals surface area contributed by atoms with Crippen molar-refractivity contribution in [2.75, 3.05) is 0 Å². The van der Waals surface area contributed by atoms with E-state index in [9.17, 15) is 10.1 Å². The molecule has 134 valence electrons. The molecule has 3 rings (SSSR count). The smallest absolute Gasteiger partial charge is 0.233 e. The molecule has 1 N–H and O–H groups in total. The number of thioether (sulfide) groups is 1. The first kappa shape index (κ1) is 18.3. The zero-order chi connectivity index (χ0) is 18.1. The fraction of sp³-hybridized carbons (Fsp3) is 0.650. The van der Waals surface area contributed by atoms with E-state index in [0.29, 0.717) is 16.5 Å². The van der Waals surface area contributed by atoms with Gasteiger partial charge in [0.1, 0.15) is 11.1 Å². The molecule has 0 radical (unpaired) electrons. The predicted octanol–water partition coefficient (Wildman–Crippen LogP) is 3.99. The lowest BCUT2D eigenvalue weighted by Crippen LogP contribution is -2.43. The lowest BCUT2D eigenvalue weighted by Gasteiger charge is -2.29. The number of carbonyl (C=O) groups excluding carboxylic acids is 1. The van der Waals surface area contributed by atoms with Crippen LogP contribution >= 0.6 is 11.8 Å². The fourth-order valence-corrected chi connectivity index (χ4v) is 5.63. The molecule has 1 aromatic heterocycles. The van der Waals surface area contributed by atoms with Gasteiger partial charge in [-0.25, -0.2) is 4.98 Å². The lowest BCUT2D eigenvalue weighted by atomic mass is 9.84. The molecule has 1 heterocycles. The normalized spacial score (nSPS) is 26.9. The minimum Gasteiger partial charge on any atom is -0.352 e. The van der Waals surface area contributed by atoms with Crippen molar-refractivity contribution in [1.29, 1.82) is 5.26 Å². The molecule has 2 bridgehead atoms. The monoisotopic (exact) mass is 357 g/mol. The first-order valence-corrected chi connectivity index (χ1v) is 10.1. The van der Waals surface area contributed by atoms with Crippen molar-refractivity contribution >= 4 is 17.7 Å². The van der Waals surface area contributed by atoms with Crippen LogP contribution in [0.2, 0.25) is 0 Å². The van der Waals surface area contributed by atoms with Crippen LogP contribution < -0.4 is 5.32 Å². The molecule has 4 nitrogen and oxygen atoms in total. The Labute approximate surface area is 154 Å². The van der Waals surface area contributed by atoms with Gasteiger partial charge < -0.3 is 5.32 Å². The van der Waals surface area contributed by atoms with E-state index in [1.54, 1.807) is 0 Å². The largest absolute Gasteiger partial charge is 0.352 e. The van der Waals surface area contributed by atoms with Gasteiger partial charge >= 0.3 is 0 Å². The number of carbonyl (C=O) groups is 1. The van der Waals surface area contributed by atoms with Crippen molar-refractivity contribution in [3.8, 4) is 6.07 Å². The number of nitrogens with one attached hydrogen (secondary N) is 1. The number of aromatic nitrogens is 1. The highest BCUT2D eigenvalue weighted by Gasteiger charge is 2.42. The van der Waals surface area contributed by atoms with Crippen LogP contribution in [-0.4, -0.2) is 22.2 Å². The quantitative estimate of drug-likeness (QED) is 0.809. The van der Waals surface area contributed by atoms with Crippen molar-refractivity contribution in [3.63, 3.8) is 0 Å². The van der Waals surface area contributed by atoms with Crippen molar-refractivity contribution < 1.29 is 4.79 Å². The third-order valence-corrected chi connectivity index (χ3v) is 6.97. The molecule has 2 fully saturated rings. The van der Waals surface area contributed by atoms with E-state index in [2.05, 4.69) is 23.3 Å². The first-order valence-electron chi connectivity index (χ1n) is 9.24. The molecule has 0 saturated heterocycles. The maximum absolute atomic E-state index is 12.6. The zero-order valence-corrected chi connectivity index (χ0v) is 16.3. The molecule has 0 aromatic carbocycles. The van der Waals surface area contributed by atoms with Gasteiger partial charge in [-0.05, 0) is 76.3 Å². The van der Waals surface area contributed by atoms with E-state index >= 15 is 0 Å². The molecule has 2 saturated carbocycles. The van der Waals surface area contributed by atoms with Gasteiger partial charge in [0, 0.05) is 11.7 Å². The Balaban J connectivity index is 1.62. The molecule has 1 aromatic rings. The summed E-state index contributed by atoms with van der Waals surface area (Å²) in [6.45, 7) is 7.88. The summed E-state index contributed by atoms with van der Waals surface area (Å²) in [6, 6.07) is 4.36. The van der Waals surface area contributed by atoms with Crippen molar-refractivity contribution in [1.82, 2.24) is 10.3 Å². The minimum atomic E-state index is -0.262. The van der Waals surface area contributed by atoms with E-state index in [1.807, 2.05) is 26.8 Å². The highest BCUT2D eigenvalue weighted by molar-refractivity contribution is 8.00. The highest BCUT2D eigenvalue weighted by atomic mass is 32.2. The summed E-state index contributed by atoms with van der Waals surface area (Å²) in [6.07, 6.45) is 5.33. The second-order valence-corrected chi connectivity index (χ2v) is 9.10. The SMILES string of the molecule is Cc1cc(C)c(C#N)c(S[C@H](C)C(=O)N[C@@H](C)[C@H]2C[C@H]3CC[C@H]2C3)n1. The molecule has 1 amide bonds. The molecule has 0 aliphatic heterocycles. The second kappa shape index (κ2) is 7.37. The molecular weight excluding hydrogens is 330 g/mol. The number of aryl methyl sites for hydroxylation is 2. The second-order valence-electron chi connectivity index (χ2n) is 7.77. The summed E-state index contributed by atoms with van der Waals surface area (Å²) in [5.41, 5.74) is 2.37. The van der Waals surface area contributed by atoms with E-state index in [1.165, 1.54) is 37.4 Å². The summed E-state index contributed by atoms with van der Waals surface area (Å²) < 4.78 is 0. The van der Waals surface area contributed by atoms with E-state index < -0.39 is 0 Å². The van der Waals surface area contributed by atoms with Gasteiger partial charge in [-0.2, -0.15) is 5.26 Å². The Morgan fingerprint density at radius 1 is 1.36 bits per heavy atom. The first-order chi connectivity index (χ1) is 11.9. The lowest BCUT2D eigenvalue weighted by molar-refractivity contribution is -0.121. The molecular formula is C20H27N3OS. The summed E-state index contributed by atoms with van der Waals surface area (Å²) in [4.78, 5) is 17.1. The Bertz CT molecular complexity index is 712. The van der Waals surface area contributed by atoms with Crippen LogP contribution in [0.4, 0.5) is 0 Å². The summed E-state index contributed by atoms with van der Waals surface area (Å²) in [5.74, 6) is 2.37. The van der Waals surface area contributed by atoms with Crippen LogP contribution in [0.1, 0.15) is 56.4 Å². The number of rotatable bonds is 5. The molecule has 5 heteroatoms. The number of hydrogen-bond donors (Lipinski definition) is 1. The molecule has 5 atom stereocenters. The maximum atomic E-state index is 12.6. The van der Waals surface area contributed by atoms with Gasteiger partial charge in [-0.15, -0.1) is 0 Å². The Morgan fingerprint density at radius 2 is 2.12 bits per heavy atom. The van der Waals surface area contributed by atoms with Crippen LogP contribution in [0.25, 0.3) is 0 Å². The van der Waals surface area contributed by atoms with Crippen molar-refractivity contribution in [3.05, 3.63) is 22.9 Å². The molecule has 25 heavy (non-hydrogen) atoms. The number of nitrogens with zero attached hydrogens (tertiary/aromatic N) is 2. The average Bonchev–Trinajstić information content (AvgIpc) is 3.17. The topological polar surface area (TPSA) is 65.8 Å². The predicted molar refractivity (Wildman–Crippen MR) is 100 cm³/mol. The van der Waals surface area contributed by atoms with Crippen molar-refractivity contribution in [2.45, 2.75) is 69.7 Å². The minimum absolute atomic E-state index is 0.0464. The molecule has 0 unspecified atom stereocenters. The number of pyridine rings is 1. The summed E-state index contributed by atoms with van der Waals surface area (Å²) in [7, 11) is 0. The van der Waals surface area contributed by atoms with Gasteiger partial charge in [0.05, 0.1) is 10.8 Å². The van der Waals surface area contributed by atoms with Crippen LogP contribution in [0.15, 0.2) is 11.1 Å². The number of amides is 1. The fourth-order valence-electron chi connectivity index (χ4n) is 4.60. The summed E-state index contributed by atoms with van der Waals surface area (Å²) >= 11 is 1.39. The van der Waals surface area contributed by atoms with Crippen LogP contribution in [0.5, 0.6) is 0 Å². The number of fused-ring (bicyclic) bond motifs is 2. The Morgan fingerprint density at radius 3 is 2.72 bits per heavy atom. The van der Waals surface area contributed by atoms with E-state index in [4.69, 9.17) is 0 Å². The Kier molecular flexibility index (Phi) is 5.38. The van der Waals surface area contributed by atoms with Gasteiger partial charge in [0.25, 0.3) is 0 Å². The van der Waals surface area contributed by atoms with Crippen LogP contribution in [0, 0.1) is 42.9 Å². The van der Waals surface area contributed by atoms with Crippen LogP contribution in [-0.2, 0) is 4.79 Å². The molecule has 0 spiro atoms. The average molecular weight is 358 g/mol. The highest BCUT2D eigenvalue weighted by Crippen LogP contribution is 2.49. The maximum Gasteiger partial charge on any atom is 0.233 e. The van der Waals surface area contributed by atoms with Gasteiger partial charge in [-0.1, -0.05) is 18.2 Å². The Hall–Kier alpha value is -1.54. The van der Waals surface area contributed by atoms with Gasteiger partial charge in [-0.3, -0.25) is 4.79 Å². The third kappa shape index (κ3) is 3.84. The van der Waals surface area contributed by atoms with Crippen LogP contribution in [0.3, 0.4) is 0 Å². The van der Waals surface area contributed by atoms with Gasteiger partial charge in [0.2, 0.25) is 5.91 Å². The summed E-state index contributed by atoms with van der Waals surface area (Å²) in [5, 5.41) is 13.0. The van der Waals surface area contributed by atoms with E-state index in [-0.39, 0.29) is 17.2 Å². The standard InChI is InChI=1S/C20H27N3OS/c1-11-7-12(2)22-20(18(11)10-21)25-14(4)19(24)23-13(3)17-9-15-5-6-16(17)8-15/h7,13-17H,5-6,8-9H2,1-4H3,(H,23,24)/t13-,14+,15-,16-,17+/m0/s1. The number of hydrogen-bond acceptors (Lipinski definition) is 4. The molecule has 2 aliphatic rings. The van der Waals surface area contributed by atoms with E-state index in [0.717, 1.165) is 23.1 Å².